The number of anilines is 2. The van der Waals surface area contributed by atoms with Crippen molar-refractivity contribution in [3.05, 3.63) is 58.1 Å². The topological polar surface area (TPSA) is 82.0 Å². The van der Waals surface area contributed by atoms with E-state index in [2.05, 4.69) is 10.6 Å². The monoisotopic (exact) mass is 347 g/mol. The van der Waals surface area contributed by atoms with Crippen LogP contribution in [0.5, 0.6) is 0 Å². The van der Waals surface area contributed by atoms with Crippen molar-refractivity contribution in [2.24, 2.45) is 0 Å². The van der Waals surface area contributed by atoms with E-state index in [0.29, 0.717) is 27.0 Å². The van der Waals surface area contributed by atoms with Crippen molar-refractivity contribution in [2.75, 3.05) is 10.6 Å². The average Bonchev–Trinajstić information content (AvgIpc) is 2.51. The van der Waals surface area contributed by atoms with Crippen LogP contribution in [-0.2, 0) is 9.59 Å². The number of nitriles is 1. The quantitative estimate of drug-likeness (QED) is 0.824. The number of halogens is 2. The Labute approximate surface area is 142 Å². The molecule has 0 unspecified atom stereocenters. The lowest BCUT2D eigenvalue weighted by molar-refractivity contribution is -0.123. The van der Waals surface area contributed by atoms with Gasteiger partial charge in [0.25, 0.3) is 0 Å². The Morgan fingerprint density at radius 2 is 1.65 bits per heavy atom. The number of rotatable bonds is 4. The van der Waals surface area contributed by atoms with E-state index in [9.17, 15) is 9.59 Å². The van der Waals surface area contributed by atoms with Crippen molar-refractivity contribution >= 4 is 46.4 Å². The second-order valence-corrected chi connectivity index (χ2v) is 5.43. The summed E-state index contributed by atoms with van der Waals surface area (Å²) in [6, 6.07) is 12.9. The summed E-state index contributed by atoms with van der Waals surface area (Å²) >= 11 is 11.8. The molecule has 0 fully saturated rings. The molecule has 2 N–H and O–H groups in total. The molecule has 0 heterocycles. The molecule has 0 radical (unpaired) electrons. The fourth-order valence-electron chi connectivity index (χ4n) is 1.77. The lowest BCUT2D eigenvalue weighted by Gasteiger charge is -2.08. The largest absolute Gasteiger partial charge is 0.326 e. The van der Waals surface area contributed by atoms with Gasteiger partial charge in [0.1, 0.15) is 6.42 Å². The molecule has 0 aromatic heterocycles. The normalized spacial score (nSPS) is 9.78. The fraction of sp³-hybridized carbons (Fsp3) is 0.0625. The highest BCUT2D eigenvalue weighted by Gasteiger charge is 2.12. The summed E-state index contributed by atoms with van der Waals surface area (Å²) in [6.07, 6.45) is -0.372. The number of carbonyl (C=O) groups is 2. The highest BCUT2D eigenvalue weighted by atomic mass is 35.5. The molecule has 2 aromatic rings. The van der Waals surface area contributed by atoms with E-state index in [1.165, 1.54) is 6.07 Å². The van der Waals surface area contributed by atoms with Gasteiger partial charge in [-0.3, -0.25) is 9.59 Å². The number of nitrogens with zero attached hydrogens (tertiary/aromatic N) is 1. The van der Waals surface area contributed by atoms with Gasteiger partial charge >= 0.3 is 0 Å². The molecule has 0 aliphatic rings. The third-order valence-electron chi connectivity index (χ3n) is 2.82. The molecule has 0 atom stereocenters. The molecule has 7 heteroatoms. The summed E-state index contributed by atoms with van der Waals surface area (Å²) in [5.41, 5.74) is 1.33. The maximum Gasteiger partial charge on any atom is 0.233 e. The molecular formula is C16H11Cl2N3O2. The lowest BCUT2D eigenvalue weighted by Crippen LogP contribution is -2.21. The number of amides is 2. The average molecular weight is 348 g/mol. The maximum atomic E-state index is 11.9. The Bertz CT molecular complexity index is 783. The molecule has 116 valence electrons. The highest BCUT2D eigenvalue weighted by molar-refractivity contribution is 6.35. The summed E-state index contributed by atoms with van der Waals surface area (Å²) in [5, 5.41) is 14.5. The molecule has 5 nitrogen and oxygen atoms in total. The first-order valence-corrected chi connectivity index (χ1v) is 7.28. The van der Waals surface area contributed by atoms with Gasteiger partial charge in [0.2, 0.25) is 11.8 Å². The number of hydrogen-bond acceptors (Lipinski definition) is 3. The van der Waals surface area contributed by atoms with E-state index in [0.717, 1.165) is 0 Å². The van der Waals surface area contributed by atoms with Gasteiger partial charge in [0.05, 0.1) is 22.3 Å². The predicted octanol–water partition coefficient (Wildman–Crippen LogP) is 3.83. The highest BCUT2D eigenvalue weighted by Crippen LogP contribution is 2.25. The molecule has 0 bridgehead atoms. The van der Waals surface area contributed by atoms with Gasteiger partial charge in [-0.2, -0.15) is 5.26 Å². The first-order chi connectivity index (χ1) is 11.0. The van der Waals surface area contributed by atoms with E-state index in [1.807, 2.05) is 6.07 Å². The molecule has 23 heavy (non-hydrogen) atoms. The van der Waals surface area contributed by atoms with Crippen molar-refractivity contribution in [2.45, 2.75) is 6.42 Å². The number of benzene rings is 2. The smallest absolute Gasteiger partial charge is 0.233 e. The van der Waals surface area contributed by atoms with Crippen molar-refractivity contribution in [1.29, 1.82) is 5.26 Å². The minimum atomic E-state index is -0.514. The van der Waals surface area contributed by atoms with E-state index < -0.39 is 11.8 Å². The van der Waals surface area contributed by atoms with Gasteiger partial charge in [-0.1, -0.05) is 23.2 Å². The van der Waals surface area contributed by atoms with E-state index in [-0.39, 0.29) is 6.42 Å². The van der Waals surface area contributed by atoms with Gasteiger partial charge < -0.3 is 10.6 Å². The van der Waals surface area contributed by atoms with E-state index >= 15 is 0 Å². The summed E-state index contributed by atoms with van der Waals surface area (Å²) in [7, 11) is 0. The first-order valence-electron chi connectivity index (χ1n) is 6.53. The molecule has 0 aliphatic carbocycles. The zero-order valence-electron chi connectivity index (χ0n) is 11.8. The van der Waals surface area contributed by atoms with Crippen LogP contribution in [-0.4, -0.2) is 11.8 Å². The van der Waals surface area contributed by atoms with Crippen molar-refractivity contribution in [1.82, 2.24) is 0 Å². The third-order valence-corrected chi connectivity index (χ3v) is 3.39. The fourth-order valence-corrected chi connectivity index (χ4v) is 2.10. The molecular weight excluding hydrogens is 337 g/mol. The SMILES string of the molecule is N#Cc1ccc(NC(=O)CC(=O)Nc2cc(Cl)ccc2Cl)cc1. The molecule has 2 amide bonds. The number of carbonyl (C=O) groups excluding carboxylic acids is 2. The van der Waals surface area contributed by atoms with E-state index in [1.54, 1.807) is 36.4 Å². The minimum Gasteiger partial charge on any atom is -0.326 e. The lowest BCUT2D eigenvalue weighted by atomic mass is 10.2. The maximum absolute atomic E-state index is 11.9. The van der Waals surface area contributed by atoms with E-state index in [4.69, 9.17) is 28.5 Å². The Morgan fingerprint density at radius 1 is 1.00 bits per heavy atom. The van der Waals surface area contributed by atoms with Crippen LogP contribution >= 0.6 is 23.2 Å². The van der Waals surface area contributed by atoms with Crippen LogP contribution in [0.25, 0.3) is 0 Å². The first kappa shape index (κ1) is 16.8. The predicted molar refractivity (Wildman–Crippen MR) is 89.5 cm³/mol. The Hall–Kier alpha value is -2.55. The second kappa shape index (κ2) is 7.63. The van der Waals surface area contributed by atoms with Crippen molar-refractivity contribution in [3.8, 4) is 6.07 Å². The van der Waals surface area contributed by atoms with Crippen molar-refractivity contribution < 1.29 is 9.59 Å². The summed E-state index contributed by atoms with van der Waals surface area (Å²) in [5.74, 6) is -0.995. The number of hydrogen-bond donors (Lipinski definition) is 2. The van der Waals surface area contributed by atoms with Crippen LogP contribution in [0.1, 0.15) is 12.0 Å². The molecule has 0 saturated heterocycles. The minimum absolute atomic E-state index is 0.329. The third kappa shape index (κ3) is 4.99. The van der Waals surface area contributed by atoms with Gasteiger partial charge in [0, 0.05) is 10.7 Å². The van der Waals surface area contributed by atoms with Crippen LogP contribution in [0.3, 0.4) is 0 Å². The zero-order chi connectivity index (χ0) is 16.8. The molecule has 0 spiro atoms. The Morgan fingerprint density at radius 3 is 2.30 bits per heavy atom. The molecule has 0 aliphatic heterocycles. The Kier molecular flexibility index (Phi) is 5.58. The van der Waals surface area contributed by atoms with Gasteiger partial charge in [0.15, 0.2) is 0 Å². The molecule has 2 rings (SSSR count). The molecule has 2 aromatic carbocycles. The van der Waals surface area contributed by atoms with Crippen LogP contribution in [0, 0.1) is 11.3 Å². The van der Waals surface area contributed by atoms with Gasteiger partial charge in [-0.05, 0) is 42.5 Å². The summed E-state index contributed by atoms with van der Waals surface area (Å²) in [4.78, 5) is 23.7. The van der Waals surface area contributed by atoms with Crippen molar-refractivity contribution in [3.63, 3.8) is 0 Å². The standard InChI is InChI=1S/C16H11Cl2N3O2/c17-11-3-6-13(18)14(7-11)21-16(23)8-15(22)20-12-4-1-10(9-19)2-5-12/h1-7H,8H2,(H,20,22)(H,21,23). The summed E-state index contributed by atoms with van der Waals surface area (Å²) < 4.78 is 0. The van der Waals surface area contributed by atoms with Crippen LogP contribution < -0.4 is 10.6 Å². The number of nitrogens with one attached hydrogen (secondary N) is 2. The van der Waals surface area contributed by atoms with Crippen LogP contribution in [0.2, 0.25) is 10.0 Å². The van der Waals surface area contributed by atoms with Crippen LogP contribution in [0.4, 0.5) is 11.4 Å². The van der Waals surface area contributed by atoms with Crippen LogP contribution in [0.15, 0.2) is 42.5 Å². The van der Waals surface area contributed by atoms with Gasteiger partial charge in [-0.25, -0.2) is 0 Å². The van der Waals surface area contributed by atoms with Gasteiger partial charge in [-0.15, -0.1) is 0 Å². The second-order valence-electron chi connectivity index (χ2n) is 4.59. The summed E-state index contributed by atoms with van der Waals surface area (Å²) in [6.45, 7) is 0. The zero-order valence-corrected chi connectivity index (χ0v) is 13.3. The molecule has 0 saturated carbocycles. The Balaban J connectivity index is 1.93.